The average Bonchev–Trinajstić information content (AvgIpc) is 4.18. The zero-order valence-electron chi connectivity index (χ0n) is 38.6. The fraction of sp³-hybridized carbons (Fsp3) is 0.286. The van der Waals surface area contributed by atoms with Crippen LogP contribution in [0.3, 0.4) is 0 Å². The summed E-state index contributed by atoms with van der Waals surface area (Å²) in [5, 5.41) is 0. The van der Waals surface area contributed by atoms with Gasteiger partial charge in [0, 0.05) is 87.8 Å². The Balaban J connectivity index is 0.887. The quantitative estimate of drug-likeness (QED) is 0.0673. The summed E-state index contributed by atoms with van der Waals surface area (Å²) in [5.41, 5.74) is 5.97. The van der Waals surface area contributed by atoms with Crippen LogP contribution in [0.4, 0.5) is 0 Å². The first-order valence-electron chi connectivity index (χ1n) is 23.7. The zero-order chi connectivity index (χ0) is 46.7. The van der Waals surface area contributed by atoms with Gasteiger partial charge in [-0.3, -0.25) is 0 Å². The molecule has 12 heteroatoms. The van der Waals surface area contributed by atoms with Gasteiger partial charge in [0.25, 0.3) is 0 Å². The molecule has 10 aromatic rings. The van der Waals surface area contributed by atoms with Crippen molar-refractivity contribution in [3.05, 3.63) is 127 Å². The van der Waals surface area contributed by atoms with E-state index in [9.17, 15) is 0 Å². The van der Waals surface area contributed by atoms with Gasteiger partial charge in [0.2, 0.25) is 0 Å². The van der Waals surface area contributed by atoms with Crippen molar-refractivity contribution in [1.29, 1.82) is 0 Å². The maximum atomic E-state index is 3.77. The van der Waals surface area contributed by atoms with Gasteiger partial charge in [-0.05, 0) is 203 Å². The number of hydrogen-bond donors (Lipinski definition) is 0. The van der Waals surface area contributed by atoms with Crippen molar-refractivity contribution < 1.29 is 0 Å². The number of rotatable bonds is 21. The molecule has 10 heterocycles. The fourth-order valence-corrected chi connectivity index (χ4v) is 21.4. The minimum absolute atomic E-state index is 1.12. The van der Waals surface area contributed by atoms with E-state index in [2.05, 4.69) is 157 Å². The predicted molar refractivity (Wildman–Crippen MR) is 324 cm³/mol. The molecule has 0 N–H and O–H groups in total. The Labute approximate surface area is 459 Å². The molecule has 0 bridgehead atoms. The van der Waals surface area contributed by atoms with Crippen molar-refractivity contribution in [2.45, 2.75) is 105 Å². The van der Waals surface area contributed by atoms with Crippen LogP contribution in [0.25, 0.3) is 87.8 Å². The molecule has 0 nitrogen and oxygen atoms in total. The minimum atomic E-state index is 1.12. The van der Waals surface area contributed by atoms with E-state index in [0.29, 0.717) is 0 Å². The van der Waals surface area contributed by atoms with Crippen LogP contribution in [0.1, 0.15) is 101 Å². The Morgan fingerprint density at radius 2 is 0.485 bits per heavy atom. The minimum Gasteiger partial charge on any atom is -0.134 e. The average molecular weight is 1210 g/mol. The molecular weight excluding hydrogens is 1150 g/mol. The molecule has 0 aromatic carbocycles. The van der Waals surface area contributed by atoms with Crippen LogP contribution in [0.2, 0.25) is 0 Å². The highest BCUT2D eigenvalue weighted by Gasteiger charge is 2.22. The molecule has 0 spiro atoms. The summed E-state index contributed by atoms with van der Waals surface area (Å²) in [6.07, 6.45) is 14.3. The van der Waals surface area contributed by atoms with Crippen molar-refractivity contribution >= 4 is 145 Å². The normalized spacial score (nSPS) is 11.8. The van der Waals surface area contributed by atoms with Crippen LogP contribution < -0.4 is 0 Å². The summed E-state index contributed by atoms with van der Waals surface area (Å²) in [5.74, 6) is 0. The Morgan fingerprint density at radius 1 is 0.265 bits per heavy atom. The first-order chi connectivity index (χ1) is 33.3. The summed E-state index contributed by atoms with van der Waals surface area (Å²) in [6.45, 7) is 9.19. The molecule has 0 unspecified atom stereocenters. The highest BCUT2D eigenvalue weighted by atomic mass is 79.9. The highest BCUT2D eigenvalue weighted by molar-refractivity contribution is 9.11. The molecule has 350 valence electrons. The van der Waals surface area contributed by atoms with Crippen LogP contribution in [-0.4, -0.2) is 0 Å². The van der Waals surface area contributed by atoms with Crippen molar-refractivity contribution in [2.75, 3.05) is 0 Å². The second-order valence-corrected chi connectivity index (χ2v) is 30.6. The fourth-order valence-electron chi connectivity index (χ4n) is 8.51. The molecule has 0 aliphatic carbocycles. The molecule has 68 heavy (non-hydrogen) atoms. The molecule has 0 saturated carbocycles. The smallest absolute Gasteiger partial charge is 0.0708 e. The maximum absolute atomic E-state index is 3.77. The zero-order valence-corrected chi connectivity index (χ0v) is 49.9. The molecule has 0 aliphatic heterocycles. The number of hydrogen-bond acceptors (Lipinski definition) is 10. The lowest BCUT2D eigenvalue weighted by Crippen LogP contribution is -1.83. The van der Waals surface area contributed by atoms with Gasteiger partial charge in [0.1, 0.15) is 0 Å². The second kappa shape index (κ2) is 22.8. The van der Waals surface area contributed by atoms with Crippen LogP contribution in [-0.2, 0) is 25.7 Å². The summed E-state index contributed by atoms with van der Waals surface area (Å²) >= 11 is 27.0. The van der Waals surface area contributed by atoms with Crippen molar-refractivity contribution in [3.8, 4) is 87.8 Å². The van der Waals surface area contributed by atoms with Gasteiger partial charge in [-0.1, -0.05) is 53.4 Å². The monoisotopic (exact) mass is 1200 g/mol. The number of aryl methyl sites for hydroxylation is 4. The first kappa shape index (κ1) is 49.5. The van der Waals surface area contributed by atoms with Gasteiger partial charge in [0.05, 0.1) is 7.57 Å². The third-order valence-electron chi connectivity index (χ3n) is 12.1. The molecular formula is C56H52Br2S10. The number of thiophene rings is 10. The predicted octanol–water partition coefficient (Wildman–Crippen LogP) is 24.2. The molecule has 0 saturated heterocycles. The molecule has 0 amide bonds. The van der Waals surface area contributed by atoms with E-state index in [0.717, 1.165) is 25.7 Å². The lowest BCUT2D eigenvalue weighted by molar-refractivity contribution is 0.798. The molecule has 0 fully saturated rings. The Bertz CT molecular complexity index is 3030. The van der Waals surface area contributed by atoms with Crippen molar-refractivity contribution in [3.63, 3.8) is 0 Å². The summed E-state index contributed by atoms with van der Waals surface area (Å²) in [4.78, 5) is 25.1. The van der Waals surface area contributed by atoms with E-state index in [1.54, 1.807) is 0 Å². The Morgan fingerprint density at radius 3 is 0.750 bits per heavy atom. The van der Waals surface area contributed by atoms with Gasteiger partial charge in [-0.2, -0.15) is 0 Å². The van der Waals surface area contributed by atoms with Gasteiger partial charge in [-0.25, -0.2) is 0 Å². The van der Waals surface area contributed by atoms with Gasteiger partial charge < -0.3 is 0 Å². The molecule has 0 radical (unpaired) electrons. The maximum Gasteiger partial charge on any atom is 0.0708 e. The van der Waals surface area contributed by atoms with Crippen molar-refractivity contribution in [1.82, 2.24) is 0 Å². The van der Waals surface area contributed by atoms with Crippen molar-refractivity contribution in [2.24, 2.45) is 0 Å². The third-order valence-corrected chi connectivity index (χ3v) is 26.0. The lowest BCUT2D eigenvalue weighted by atomic mass is 10.1. The van der Waals surface area contributed by atoms with E-state index in [1.165, 1.54) is 169 Å². The Hall–Kier alpha value is -2.04. The van der Waals surface area contributed by atoms with E-state index in [-0.39, 0.29) is 0 Å². The van der Waals surface area contributed by atoms with Crippen LogP contribution in [0.15, 0.2) is 105 Å². The van der Waals surface area contributed by atoms with Crippen LogP contribution >= 0.6 is 145 Å². The second-order valence-electron chi connectivity index (χ2n) is 17.1. The molecule has 10 rings (SSSR count). The van der Waals surface area contributed by atoms with Gasteiger partial charge in [0.15, 0.2) is 0 Å². The standard InChI is InChI=1S/C56H52Br2S10/c1-5-9-13-33-29-49(65-53(33)45-25-21-41(61-45)37-17-19-39(59-37)43-23-27-47(63-43)55-35(15-11-7-3)31-51(57)67-55)50-30-34(14-10-6-2)54(66-50)46-26-22-42(62-46)38-18-20-40(60-38)44-24-28-48(64-44)56-36(16-12-8-4)32-52(58)68-56/h17-32H,5-16H2,1-4H3. The van der Waals surface area contributed by atoms with Gasteiger partial charge in [-0.15, -0.1) is 113 Å². The number of halogens is 2. The third kappa shape index (κ3) is 11.0. The van der Waals surface area contributed by atoms with E-state index in [1.807, 2.05) is 113 Å². The number of unbranched alkanes of at least 4 members (excludes halogenated alkanes) is 4. The lowest BCUT2D eigenvalue weighted by Gasteiger charge is -2.00. The largest absolute Gasteiger partial charge is 0.134 e. The first-order valence-corrected chi connectivity index (χ1v) is 33.5. The van der Waals surface area contributed by atoms with Crippen LogP contribution in [0.5, 0.6) is 0 Å². The summed E-state index contributed by atoms with van der Waals surface area (Å²) in [7, 11) is 0. The molecule has 0 atom stereocenters. The van der Waals surface area contributed by atoms with E-state index >= 15 is 0 Å². The molecule has 0 aliphatic rings. The van der Waals surface area contributed by atoms with Gasteiger partial charge >= 0.3 is 0 Å². The van der Waals surface area contributed by atoms with E-state index in [4.69, 9.17) is 0 Å². The Kier molecular flexibility index (Phi) is 16.6. The SMILES string of the molecule is CCCCc1cc(Br)sc1-c1ccc(-c2ccc(-c3ccc(-c4sc(-c5cc(CCCC)c(-c6ccc(-c7ccc(-c8ccc(-c9sc(Br)cc9CCCC)s8)s7)s6)s5)cc4CCCC)s3)s2)s1. The molecule has 10 aromatic heterocycles. The summed E-state index contributed by atoms with van der Waals surface area (Å²) in [6, 6.07) is 37.9. The highest BCUT2D eigenvalue weighted by Crippen LogP contribution is 2.52. The summed E-state index contributed by atoms with van der Waals surface area (Å²) < 4.78 is 2.46. The van der Waals surface area contributed by atoms with E-state index < -0.39 is 0 Å². The topological polar surface area (TPSA) is 0 Å². The van der Waals surface area contributed by atoms with Crippen LogP contribution in [0, 0.1) is 0 Å².